The molecule has 0 aliphatic carbocycles. The summed E-state index contributed by atoms with van der Waals surface area (Å²) in [5, 5.41) is 9.39. The Morgan fingerprint density at radius 3 is 2.73 bits per heavy atom. The number of aliphatic hydroxyl groups is 1. The van der Waals surface area contributed by atoms with Crippen molar-refractivity contribution in [2.45, 2.75) is 0 Å². The number of anilines is 1. The fourth-order valence-electron chi connectivity index (χ4n) is 1.24. The fourth-order valence-corrected chi connectivity index (χ4v) is 1.69. The third-order valence-corrected chi connectivity index (χ3v) is 2.62. The first-order valence-corrected chi connectivity index (χ1v) is 5.26. The van der Waals surface area contributed by atoms with Crippen molar-refractivity contribution in [3.8, 4) is 0 Å². The van der Waals surface area contributed by atoms with Gasteiger partial charge in [-0.3, -0.25) is 0 Å². The summed E-state index contributed by atoms with van der Waals surface area (Å²) in [6.45, 7) is 0.621. The van der Waals surface area contributed by atoms with E-state index < -0.39 is 0 Å². The van der Waals surface area contributed by atoms with E-state index in [4.69, 9.17) is 34.7 Å². The molecule has 82 valence electrons. The predicted octanol–water partition coefficient (Wildman–Crippen LogP) is 1.40. The normalized spacial score (nSPS) is 10.1. The zero-order valence-corrected chi connectivity index (χ0v) is 9.98. The Morgan fingerprint density at radius 1 is 1.60 bits per heavy atom. The molecule has 0 spiro atoms. The first-order valence-electron chi connectivity index (χ1n) is 4.47. The molecule has 3 nitrogen and oxygen atoms in total. The largest absolute Gasteiger partial charge is 0.395 e. The van der Waals surface area contributed by atoms with E-state index >= 15 is 0 Å². The van der Waals surface area contributed by atoms with E-state index in [-0.39, 0.29) is 6.61 Å². The summed E-state index contributed by atoms with van der Waals surface area (Å²) >= 11 is 10.9. The summed E-state index contributed by atoms with van der Waals surface area (Å²) in [5.41, 5.74) is 7.09. The highest BCUT2D eigenvalue weighted by molar-refractivity contribution is 7.80. The molecular formula is C10H13ClN2OS. The van der Waals surface area contributed by atoms with Crippen LogP contribution in [0.5, 0.6) is 0 Å². The molecule has 0 fully saturated rings. The predicted molar refractivity (Wildman–Crippen MR) is 67.7 cm³/mol. The molecular weight excluding hydrogens is 232 g/mol. The van der Waals surface area contributed by atoms with Crippen molar-refractivity contribution in [1.82, 2.24) is 0 Å². The van der Waals surface area contributed by atoms with Crippen LogP contribution in [0, 0.1) is 0 Å². The van der Waals surface area contributed by atoms with Gasteiger partial charge in [-0.15, -0.1) is 0 Å². The van der Waals surface area contributed by atoms with Crippen LogP contribution in [0.3, 0.4) is 0 Å². The van der Waals surface area contributed by atoms with E-state index in [2.05, 4.69) is 0 Å². The highest BCUT2D eigenvalue weighted by atomic mass is 35.5. The number of rotatable bonds is 4. The van der Waals surface area contributed by atoms with Crippen molar-refractivity contribution in [3.63, 3.8) is 0 Å². The van der Waals surface area contributed by atoms with Gasteiger partial charge in [0.2, 0.25) is 0 Å². The average molecular weight is 245 g/mol. The van der Waals surface area contributed by atoms with Crippen molar-refractivity contribution < 1.29 is 5.11 Å². The van der Waals surface area contributed by atoms with E-state index in [9.17, 15) is 0 Å². The molecule has 0 heterocycles. The number of hydrogen-bond donors (Lipinski definition) is 2. The third kappa shape index (κ3) is 3.06. The van der Waals surface area contributed by atoms with Crippen LogP contribution in [0.1, 0.15) is 5.56 Å². The molecule has 1 aromatic carbocycles. The minimum atomic E-state index is 0.0872. The zero-order valence-electron chi connectivity index (χ0n) is 8.40. The number of nitrogens with zero attached hydrogens (tertiary/aromatic N) is 1. The van der Waals surface area contributed by atoms with E-state index in [1.54, 1.807) is 6.07 Å². The van der Waals surface area contributed by atoms with Crippen molar-refractivity contribution in [3.05, 3.63) is 28.8 Å². The van der Waals surface area contributed by atoms with Crippen LogP contribution in [0.2, 0.25) is 5.02 Å². The van der Waals surface area contributed by atoms with Crippen molar-refractivity contribution in [2.75, 3.05) is 25.1 Å². The van der Waals surface area contributed by atoms with Gasteiger partial charge in [0.05, 0.1) is 17.3 Å². The molecule has 0 saturated carbocycles. The molecule has 0 bridgehead atoms. The molecule has 1 aromatic rings. The van der Waals surface area contributed by atoms with Gasteiger partial charge in [0, 0.05) is 19.2 Å². The Bertz CT molecular complexity index is 370. The lowest BCUT2D eigenvalue weighted by atomic mass is 10.2. The molecule has 0 unspecified atom stereocenters. The topological polar surface area (TPSA) is 49.5 Å². The maximum absolute atomic E-state index is 8.81. The standard InChI is InChI=1S/C10H13ClN2OS/c1-13(4-5-14)9-3-2-7(10(12)15)6-8(9)11/h2-3,6,14H,4-5H2,1H3,(H2,12,15). The van der Waals surface area contributed by atoms with Crippen LogP contribution in [-0.4, -0.2) is 30.3 Å². The Balaban J connectivity index is 2.97. The van der Waals surface area contributed by atoms with Gasteiger partial charge in [-0.05, 0) is 18.2 Å². The minimum absolute atomic E-state index is 0.0872. The van der Waals surface area contributed by atoms with Gasteiger partial charge in [-0.25, -0.2) is 0 Å². The Hall–Kier alpha value is -0.840. The zero-order chi connectivity index (χ0) is 11.4. The second-order valence-electron chi connectivity index (χ2n) is 3.18. The van der Waals surface area contributed by atoms with Gasteiger partial charge in [0.25, 0.3) is 0 Å². The monoisotopic (exact) mass is 244 g/mol. The smallest absolute Gasteiger partial charge is 0.104 e. The average Bonchev–Trinajstić information content (AvgIpc) is 2.17. The molecule has 0 aromatic heterocycles. The number of likely N-dealkylation sites (N-methyl/N-ethyl adjacent to an activating group) is 1. The SMILES string of the molecule is CN(CCO)c1ccc(C(N)=S)cc1Cl. The molecule has 0 aliphatic rings. The first-order chi connectivity index (χ1) is 7.06. The molecule has 15 heavy (non-hydrogen) atoms. The molecule has 0 atom stereocenters. The maximum atomic E-state index is 8.81. The van der Waals surface area contributed by atoms with Crippen LogP contribution in [0.25, 0.3) is 0 Å². The lowest BCUT2D eigenvalue weighted by molar-refractivity contribution is 0.304. The summed E-state index contributed by atoms with van der Waals surface area (Å²) in [6.07, 6.45) is 0. The number of aliphatic hydroxyl groups excluding tert-OH is 1. The molecule has 0 radical (unpaired) electrons. The summed E-state index contributed by atoms with van der Waals surface area (Å²) in [4.78, 5) is 2.19. The van der Waals surface area contributed by atoms with Gasteiger partial charge in [0.15, 0.2) is 0 Å². The van der Waals surface area contributed by atoms with Crippen LogP contribution in [0.15, 0.2) is 18.2 Å². The minimum Gasteiger partial charge on any atom is -0.395 e. The second kappa shape index (κ2) is 5.30. The maximum Gasteiger partial charge on any atom is 0.104 e. The van der Waals surface area contributed by atoms with Crippen LogP contribution in [-0.2, 0) is 0 Å². The van der Waals surface area contributed by atoms with Crippen molar-refractivity contribution >= 4 is 34.5 Å². The van der Waals surface area contributed by atoms with Crippen LogP contribution in [0.4, 0.5) is 5.69 Å². The highest BCUT2D eigenvalue weighted by Crippen LogP contribution is 2.25. The summed E-state index contributed by atoms with van der Waals surface area (Å²) in [7, 11) is 1.86. The van der Waals surface area contributed by atoms with E-state index in [1.165, 1.54) is 0 Å². The number of halogens is 1. The van der Waals surface area contributed by atoms with Gasteiger partial charge in [-0.2, -0.15) is 0 Å². The number of benzene rings is 1. The van der Waals surface area contributed by atoms with Crippen LogP contribution < -0.4 is 10.6 Å². The third-order valence-electron chi connectivity index (χ3n) is 2.08. The Labute approximate surface area is 99.4 Å². The van der Waals surface area contributed by atoms with Crippen molar-refractivity contribution in [1.29, 1.82) is 0 Å². The van der Waals surface area contributed by atoms with Gasteiger partial charge >= 0.3 is 0 Å². The number of thiocarbonyl (C=S) groups is 1. The Morgan fingerprint density at radius 2 is 2.27 bits per heavy atom. The molecule has 5 heteroatoms. The van der Waals surface area contributed by atoms with E-state index in [1.807, 2.05) is 24.1 Å². The van der Waals surface area contributed by atoms with Crippen LogP contribution >= 0.6 is 23.8 Å². The fraction of sp³-hybridized carbons (Fsp3) is 0.300. The van der Waals surface area contributed by atoms with Gasteiger partial charge in [-0.1, -0.05) is 23.8 Å². The van der Waals surface area contributed by atoms with E-state index in [0.717, 1.165) is 11.3 Å². The molecule has 1 rings (SSSR count). The molecule has 0 amide bonds. The molecule has 0 aliphatic heterocycles. The van der Waals surface area contributed by atoms with Gasteiger partial charge in [0.1, 0.15) is 4.99 Å². The second-order valence-corrected chi connectivity index (χ2v) is 4.02. The number of nitrogens with two attached hydrogens (primary N) is 1. The molecule has 3 N–H and O–H groups in total. The first kappa shape index (κ1) is 12.2. The highest BCUT2D eigenvalue weighted by Gasteiger charge is 2.07. The van der Waals surface area contributed by atoms with Crippen molar-refractivity contribution in [2.24, 2.45) is 5.73 Å². The summed E-state index contributed by atoms with van der Waals surface area (Å²) in [6, 6.07) is 5.39. The lowest BCUT2D eigenvalue weighted by Gasteiger charge is -2.19. The summed E-state index contributed by atoms with van der Waals surface area (Å²) in [5.74, 6) is 0. The van der Waals surface area contributed by atoms with E-state index in [0.29, 0.717) is 16.6 Å². The number of hydrogen-bond acceptors (Lipinski definition) is 3. The quantitative estimate of drug-likeness (QED) is 0.787. The Kier molecular flexibility index (Phi) is 4.32. The lowest BCUT2D eigenvalue weighted by Crippen LogP contribution is -2.21. The van der Waals surface area contributed by atoms with Gasteiger partial charge < -0.3 is 15.7 Å². The summed E-state index contributed by atoms with van der Waals surface area (Å²) < 4.78 is 0. The molecule has 0 saturated heterocycles.